The third-order valence-corrected chi connectivity index (χ3v) is 3.46. The second-order valence-corrected chi connectivity index (χ2v) is 5.41. The van der Waals surface area contributed by atoms with E-state index in [4.69, 9.17) is 5.73 Å². The average molecular weight is 303 g/mol. The second kappa shape index (κ2) is 5.12. The summed E-state index contributed by atoms with van der Waals surface area (Å²) in [5.74, 6) is 0.969. The van der Waals surface area contributed by atoms with E-state index in [1.54, 1.807) is 0 Å². The zero-order chi connectivity index (χ0) is 10.7. The van der Waals surface area contributed by atoms with Crippen molar-refractivity contribution in [1.82, 2.24) is 0 Å². The molecule has 0 fully saturated rings. The van der Waals surface area contributed by atoms with E-state index in [9.17, 15) is 0 Å². The maximum atomic E-state index is 6.13. The molecule has 2 unspecified atom stereocenters. The molecule has 78 valence electrons. The van der Waals surface area contributed by atoms with Crippen molar-refractivity contribution in [2.75, 3.05) is 0 Å². The molecule has 0 amide bonds. The molecule has 1 aromatic rings. The molecular formula is C12H18IN. The Kier molecular flexibility index (Phi) is 4.38. The van der Waals surface area contributed by atoms with Gasteiger partial charge < -0.3 is 5.73 Å². The Hall–Kier alpha value is -0.0900. The smallest absolute Gasteiger partial charge is 0.0130 e. The zero-order valence-electron chi connectivity index (χ0n) is 9.00. The van der Waals surface area contributed by atoms with Gasteiger partial charge in [0.15, 0.2) is 0 Å². The van der Waals surface area contributed by atoms with Gasteiger partial charge in [-0.3, -0.25) is 0 Å². The Bertz CT molecular complexity index is 279. The summed E-state index contributed by atoms with van der Waals surface area (Å²) in [5.41, 5.74) is 7.47. The monoisotopic (exact) mass is 303 g/mol. The topological polar surface area (TPSA) is 26.0 Å². The van der Waals surface area contributed by atoms with E-state index in [0.29, 0.717) is 11.8 Å². The number of benzene rings is 1. The molecule has 0 spiro atoms. The van der Waals surface area contributed by atoms with Gasteiger partial charge in [0.1, 0.15) is 0 Å². The van der Waals surface area contributed by atoms with Crippen LogP contribution in [-0.4, -0.2) is 6.04 Å². The molecule has 0 aromatic heterocycles. The lowest BCUT2D eigenvalue weighted by Crippen LogP contribution is -2.32. The SMILES string of the molecule is CC(C)C(N)C(C)c1ccc(I)cc1. The summed E-state index contributed by atoms with van der Waals surface area (Å²) in [7, 11) is 0. The van der Waals surface area contributed by atoms with Crippen LogP contribution >= 0.6 is 22.6 Å². The Morgan fingerprint density at radius 3 is 2.00 bits per heavy atom. The minimum atomic E-state index is 0.245. The minimum Gasteiger partial charge on any atom is -0.327 e. The number of rotatable bonds is 3. The van der Waals surface area contributed by atoms with Crippen LogP contribution in [0.4, 0.5) is 0 Å². The summed E-state index contributed by atoms with van der Waals surface area (Å²) in [6, 6.07) is 8.87. The van der Waals surface area contributed by atoms with E-state index in [1.807, 2.05) is 0 Å². The van der Waals surface area contributed by atoms with E-state index in [-0.39, 0.29) is 6.04 Å². The molecule has 0 bridgehead atoms. The lowest BCUT2D eigenvalue weighted by atomic mass is 9.87. The highest BCUT2D eigenvalue weighted by Gasteiger charge is 2.17. The number of hydrogen-bond acceptors (Lipinski definition) is 1. The van der Waals surface area contributed by atoms with Gasteiger partial charge in [0, 0.05) is 9.61 Å². The maximum absolute atomic E-state index is 6.13. The van der Waals surface area contributed by atoms with Crippen molar-refractivity contribution < 1.29 is 0 Å². The molecule has 2 heteroatoms. The van der Waals surface area contributed by atoms with Gasteiger partial charge >= 0.3 is 0 Å². The molecule has 0 aliphatic carbocycles. The summed E-state index contributed by atoms with van der Waals surface area (Å²) in [6.07, 6.45) is 0. The third-order valence-electron chi connectivity index (χ3n) is 2.74. The summed E-state index contributed by atoms with van der Waals surface area (Å²) < 4.78 is 1.27. The van der Waals surface area contributed by atoms with Gasteiger partial charge in [0.2, 0.25) is 0 Å². The van der Waals surface area contributed by atoms with Crippen molar-refractivity contribution in [2.24, 2.45) is 11.7 Å². The highest BCUT2D eigenvalue weighted by molar-refractivity contribution is 14.1. The zero-order valence-corrected chi connectivity index (χ0v) is 11.2. The van der Waals surface area contributed by atoms with Gasteiger partial charge in [0.05, 0.1) is 0 Å². The van der Waals surface area contributed by atoms with Gasteiger partial charge in [-0.2, -0.15) is 0 Å². The first-order valence-electron chi connectivity index (χ1n) is 5.03. The third kappa shape index (κ3) is 2.95. The summed E-state index contributed by atoms with van der Waals surface area (Å²) >= 11 is 2.32. The fraction of sp³-hybridized carbons (Fsp3) is 0.500. The van der Waals surface area contributed by atoms with Gasteiger partial charge in [-0.05, 0) is 52.1 Å². The first kappa shape index (κ1) is 12.0. The Morgan fingerprint density at radius 2 is 1.57 bits per heavy atom. The molecule has 2 atom stereocenters. The second-order valence-electron chi connectivity index (χ2n) is 4.16. The average Bonchev–Trinajstić information content (AvgIpc) is 2.16. The van der Waals surface area contributed by atoms with Crippen molar-refractivity contribution in [1.29, 1.82) is 0 Å². The van der Waals surface area contributed by atoms with Gasteiger partial charge in [-0.25, -0.2) is 0 Å². The summed E-state index contributed by atoms with van der Waals surface area (Å²) in [5, 5.41) is 0. The van der Waals surface area contributed by atoms with Crippen molar-refractivity contribution >= 4 is 22.6 Å². The van der Waals surface area contributed by atoms with Gasteiger partial charge in [0.25, 0.3) is 0 Å². The van der Waals surface area contributed by atoms with Crippen LogP contribution in [0.25, 0.3) is 0 Å². The van der Waals surface area contributed by atoms with E-state index >= 15 is 0 Å². The van der Waals surface area contributed by atoms with Crippen LogP contribution in [0.15, 0.2) is 24.3 Å². The van der Waals surface area contributed by atoms with Crippen LogP contribution in [0.3, 0.4) is 0 Å². The highest BCUT2D eigenvalue weighted by Crippen LogP contribution is 2.22. The maximum Gasteiger partial charge on any atom is 0.0130 e. The first-order valence-corrected chi connectivity index (χ1v) is 6.11. The Morgan fingerprint density at radius 1 is 1.07 bits per heavy atom. The normalized spacial score (nSPS) is 15.6. The van der Waals surface area contributed by atoms with E-state index in [1.165, 1.54) is 9.13 Å². The Labute approximate surface area is 100 Å². The van der Waals surface area contributed by atoms with Gasteiger partial charge in [-0.1, -0.05) is 32.9 Å². The molecule has 0 radical (unpaired) electrons. The number of hydrogen-bond donors (Lipinski definition) is 1. The van der Waals surface area contributed by atoms with Crippen LogP contribution in [0.1, 0.15) is 32.3 Å². The largest absolute Gasteiger partial charge is 0.327 e. The fourth-order valence-corrected chi connectivity index (χ4v) is 1.93. The lowest BCUT2D eigenvalue weighted by Gasteiger charge is -2.23. The number of halogens is 1. The molecule has 1 nitrogen and oxygen atoms in total. The van der Waals surface area contributed by atoms with Crippen molar-refractivity contribution in [3.8, 4) is 0 Å². The van der Waals surface area contributed by atoms with Crippen LogP contribution in [0.2, 0.25) is 0 Å². The molecule has 1 aromatic carbocycles. The van der Waals surface area contributed by atoms with Gasteiger partial charge in [-0.15, -0.1) is 0 Å². The Balaban J connectivity index is 2.78. The standard InChI is InChI=1S/C12H18IN/c1-8(2)12(14)9(3)10-4-6-11(13)7-5-10/h4-9,12H,14H2,1-3H3. The fourth-order valence-electron chi connectivity index (χ4n) is 1.57. The summed E-state index contributed by atoms with van der Waals surface area (Å²) in [6.45, 7) is 6.55. The predicted octanol–water partition coefficient (Wildman–Crippen LogP) is 3.38. The highest BCUT2D eigenvalue weighted by atomic mass is 127. The molecule has 0 aliphatic rings. The molecule has 0 heterocycles. The van der Waals surface area contributed by atoms with E-state index in [2.05, 4.69) is 67.6 Å². The molecule has 14 heavy (non-hydrogen) atoms. The van der Waals surface area contributed by atoms with Crippen LogP contribution in [-0.2, 0) is 0 Å². The molecule has 2 N–H and O–H groups in total. The first-order chi connectivity index (χ1) is 6.52. The molecule has 0 aliphatic heterocycles. The van der Waals surface area contributed by atoms with Crippen molar-refractivity contribution in [3.63, 3.8) is 0 Å². The molecule has 0 saturated carbocycles. The van der Waals surface area contributed by atoms with Crippen LogP contribution < -0.4 is 5.73 Å². The molecular weight excluding hydrogens is 285 g/mol. The van der Waals surface area contributed by atoms with Crippen LogP contribution in [0.5, 0.6) is 0 Å². The summed E-state index contributed by atoms with van der Waals surface area (Å²) in [4.78, 5) is 0. The molecule has 1 rings (SSSR count). The predicted molar refractivity (Wildman–Crippen MR) is 70.4 cm³/mol. The molecule has 0 saturated heterocycles. The quantitative estimate of drug-likeness (QED) is 0.851. The number of nitrogens with two attached hydrogens (primary N) is 1. The lowest BCUT2D eigenvalue weighted by molar-refractivity contribution is 0.434. The van der Waals surface area contributed by atoms with Crippen molar-refractivity contribution in [3.05, 3.63) is 33.4 Å². The van der Waals surface area contributed by atoms with E-state index in [0.717, 1.165) is 0 Å². The van der Waals surface area contributed by atoms with Crippen molar-refractivity contribution in [2.45, 2.75) is 32.7 Å². The minimum absolute atomic E-state index is 0.245. The van der Waals surface area contributed by atoms with Crippen LogP contribution in [0, 0.1) is 9.49 Å². The van der Waals surface area contributed by atoms with E-state index < -0.39 is 0 Å².